The third-order valence-electron chi connectivity index (χ3n) is 4.84. The fourth-order valence-corrected chi connectivity index (χ4v) is 3.23. The van der Waals surface area contributed by atoms with Gasteiger partial charge in [-0.15, -0.1) is 0 Å². The summed E-state index contributed by atoms with van der Waals surface area (Å²) >= 11 is 0. The highest BCUT2D eigenvalue weighted by Crippen LogP contribution is 2.31. The molecule has 2 heterocycles. The van der Waals surface area contributed by atoms with Gasteiger partial charge in [-0.3, -0.25) is 14.6 Å². The molecule has 2 aromatic heterocycles. The molecule has 2 N–H and O–H groups in total. The maximum atomic E-state index is 12.6. The summed E-state index contributed by atoms with van der Waals surface area (Å²) in [5.41, 5.74) is 1.28. The molecular weight excluding hydrogens is 318 g/mol. The molecule has 1 amide bonds. The lowest BCUT2D eigenvalue weighted by atomic mass is 9.75. The Kier molecular flexibility index (Phi) is 5.28. The van der Waals surface area contributed by atoms with Crippen LogP contribution in [-0.4, -0.2) is 32.7 Å². The second-order valence-electron chi connectivity index (χ2n) is 6.56. The standard InChI is InChI=1S/C19H23N3O3/c1-2-22-8-5-14(12-18(22)24)19(25)21-17(15-10-16(23)11-15)9-13-3-6-20-7-4-13/h3-8,12,15-17,23H,2,9-11H2,1H3,(H,21,25)/t15?,16?,17-/m1/s1. The number of aliphatic hydroxyl groups is 1. The van der Waals surface area contributed by atoms with Crippen molar-refractivity contribution in [2.24, 2.45) is 5.92 Å². The number of hydrogen-bond donors (Lipinski definition) is 2. The smallest absolute Gasteiger partial charge is 0.251 e. The van der Waals surface area contributed by atoms with E-state index in [2.05, 4.69) is 10.3 Å². The van der Waals surface area contributed by atoms with Gasteiger partial charge in [-0.2, -0.15) is 0 Å². The molecule has 6 nitrogen and oxygen atoms in total. The van der Waals surface area contributed by atoms with Crippen LogP contribution >= 0.6 is 0 Å². The number of aliphatic hydroxyl groups excluding tert-OH is 1. The summed E-state index contributed by atoms with van der Waals surface area (Å²) in [6.07, 6.45) is 6.87. The monoisotopic (exact) mass is 341 g/mol. The molecule has 1 fully saturated rings. The lowest BCUT2D eigenvalue weighted by molar-refractivity contribution is 0.0239. The predicted octanol–water partition coefficient (Wildman–Crippen LogP) is 1.38. The Hall–Kier alpha value is -2.47. The molecule has 2 aromatic rings. The number of hydrogen-bond acceptors (Lipinski definition) is 4. The average molecular weight is 341 g/mol. The van der Waals surface area contributed by atoms with Crippen molar-refractivity contribution in [2.75, 3.05) is 0 Å². The first kappa shape index (κ1) is 17.4. The third kappa shape index (κ3) is 4.14. The highest BCUT2D eigenvalue weighted by Gasteiger charge is 2.34. The fourth-order valence-electron chi connectivity index (χ4n) is 3.23. The second kappa shape index (κ2) is 7.61. The molecule has 1 aliphatic rings. The molecule has 0 aliphatic heterocycles. The lowest BCUT2D eigenvalue weighted by Crippen LogP contribution is -2.48. The van der Waals surface area contributed by atoms with E-state index in [0.29, 0.717) is 31.4 Å². The van der Waals surface area contributed by atoms with Crippen molar-refractivity contribution in [3.05, 3.63) is 64.3 Å². The third-order valence-corrected chi connectivity index (χ3v) is 4.84. The summed E-state index contributed by atoms with van der Waals surface area (Å²) in [6, 6.07) is 6.82. The van der Waals surface area contributed by atoms with Crippen molar-refractivity contribution in [3.8, 4) is 0 Å². The van der Waals surface area contributed by atoms with E-state index in [4.69, 9.17) is 0 Å². The molecule has 1 saturated carbocycles. The molecule has 0 saturated heterocycles. The van der Waals surface area contributed by atoms with Gasteiger partial charge in [0.1, 0.15) is 0 Å². The molecule has 132 valence electrons. The summed E-state index contributed by atoms with van der Waals surface area (Å²) < 4.78 is 1.55. The van der Waals surface area contributed by atoms with E-state index in [-0.39, 0.29) is 29.5 Å². The maximum Gasteiger partial charge on any atom is 0.251 e. The van der Waals surface area contributed by atoms with Gasteiger partial charge in [-0.1, -0.05) is 0 Å². The van der Waals surface area contributed by atoms with Crippen molar-refractivity contribution >= 4 is 5.91 Å². The topological polar surface area (TPSA) is 84.2 Å². The summed E-state index contributed by atoms with van der Waals surface area (Å²) in [4.78, 5) is 28.5. The average Bonchev–Trinajstić information content (AvgIpc) is 2.59. The van der Waals surface area contributed by atoms with Gasteiger partial charge in [-0.05, 0) is 55.9 Å². The number of rotatable bonds is 6. The SMILES string of the molecule is CCn1ccc(C(=O)N[C@H](Cc2ccncc2)C2CC(O)C2)cc1=O. The first-order valence-electron chi connectivity index (χ1n) is 8.65. The van der Waals surface area contributed by atoms with Crippen LogP contribution in [0.25, 0.3) is 0 Å². The van der Waals surface area contributed by atoms with E-state index < -0.39 is 0 Å². The van der Waals surface area contributed by atoms with Crippen LogP contribution in [0.1, 0.15) is 35.7 Å². The van der Waals surface area contributed by atoms with Crippen LogP contribution in [-0.2, 0) is 13.0 Å². The quantitative estimate of drug-likeness (QED) is 0.831. The minimum Gasteiger partial charge on any atom is -0.393 e. The van der Waals surface area contributed by atoms with Crippen molar-refractivity contribution in [1.82, 2.24) is 14.9 Å². The molecular formula is C19H23N3O3. The minimum absolute atomic E-state index is 0.0769. The van der Waals surface area contributed by atoms with Gasteiger partial charge in [0.15, 0.2) is 0 Å². The molecule has 0 bridgehead atoms. The van der Waals surface area contributed by atoms with Crippen molar-refractivity contribution in [1.29, 1.82) is 0 Å². The number of aryl methyl sites for hydroxylation is 1. The largest absolute Gasteiger partial charge is 0.393 e. The van der Waals surface area contributed by atoms with Crippen LogP contribution in [0.2, 0.25) is 0 Å². The highest BCUT2D eigenvalue weighted by molar-refractivity contribution is 5.94. The zero-order valence-electron chi connectivity index (χ0n) is 14.3. The molecule has 0 radical (unpaired) electrons. The molecule has 1 aliphatic carbocycles. The summed E-state index contributed by atoms with van der Waals surface area (Å²) in [7, 11) is 0. The van der Waals surface area contributed by atoms with Gasteiger partial charge in [-0.25, -0.2) is 0 Å². The lowest BCUT2D eigenvalue weighted by Gasteiger charge is -2.38. The van der Waals surface area contributed by atoms with Gasteiger partial charge in [0, 0.05) is 42.8 Å². The maximum absolute atomic E-state index is 12.6. The second-order valence-corrected chi connectivity index (χ2v) is 6.56. The predicted molar refractivity (Wildman–Crippen MR) is 94.3 cm³/mol. The van der Waals surface area contributed by atoms with Crippen molar-refractivity contribution in [2.45, 2.75) is 44.9 Å². The van der Waals surface area contributed by atoms with Crippen LogP contribution in [0.4, 0.5) is 0 Å². The number of amides is 1. The van der Waals surface area contributed by atoms with Crippen LogP contribution in [0.3, 0.4) is 0 Å². The molecule has 1 atom stereocenters. The van der Waals surface area contributed by atoms with Gasteiger partial charge in [0.05, 0.1) is 6.10 Å². The number of aromatic nitrogens is 2. The highest BCUT2D eigenvalue weighted by atomic mass is 16.3. The number of carbonyl (C=O) groups excluding carboxylic acids is 1. The molecule has 0 aromatic carbocycles. The summed E-state index contributed by atoms with van der Waals surface area (Å²) in [5, 5.41) is 12.7. The Balaban J connectivity index is 1.74. The minimum atomic E-state index is -0.282. The zero-order valence-corrected chi connectivity index (χ0v) is 14.3. The van der Waals surface area contributed by atoms with Gasteiger partial charge < -0.3 is 15.0 Å². The number of carbonyl (C=O) groups is 1. The number of pyridine rings is 2. The van der Waals surface area contributed by atoms with Crippen LogP contribution in [0.15, 0.2) is 47.7 Å². The number of nitrogens with zero attached hydrogens (tertiary/aromatic N) is 2. The Labute approximate surface area is 146 Å². The molecule has 0 spiro atoms. The van der Waals surface area contributed by atoms with E-state index in [9.17, 15) is 14.7 Å². The molecule has 3 rings (SSSR count). The normalized spacial score (nSPS) is 20.6. The fraction of sp³-hybridized carbons (Fsp3) is 0.421. The number of nitrogens with one attached hydrogen (secondary N) is 1. The van der Waals surface area contributed by atoms with E-state index in [1.807, 2.05) is 19.1 Å². The van der Waals surface area contributed by atoms with E-state index in [1.165, 1.54) is 6.07 Å². The van der Waals surface area contributed by atoms with Gasteiger partial charge in [0.25, 0.3) is 11.5 Å². The Morgan fingerprint density at radius 2 is 2.08 bits per heavy atom. The van der Waals surface area contributed by atoms with E-state index in [1.54, 1.807) is 29.2 Å². The van der Waals surface area contributed by atoms with Crippen LogP contribution in [0, 0.1) is 5.92 Å². The van der Waals surface area contributed by atoms with Crippen LogP contribution < -0.4 is 10.9 Å². The Bertz CT molecular complexity index is 782. The zero-order chi connectivity index (χ0) is 17.8. The van der Waals surface area contributed by atoms with Crippen molar-refractivity contribution < 1.29 is 9.90 Å². The molecule has 6 heteroatoms. The Morgan fingerprint density at radius 1 is 1.36 bits per heavy atom. The first-order valence-corrected chi connectivity index (χ1v) is 8.65. The van der Waals surface area contributed by atoms with E-state index in [0.717, 1.165) is 5.56 Å². The van der Waals surface area contributed by atoms with Gasteiger partial charge in [0.2, 0.25) is 0 Å². The van der Waals surface area contributed by atoms with Crippen molar-refractivity contribution in [3.63, 3.8) is 0 Å². The molecule has 25 heavy (non-hydrogen) atoms. The first-order chi connectivity index (χ1) is 12.1. The Morgan fingerprint density at radius 3 is 2.68 bits per heavy atom. The summed E-state index contributed by atoms with van der Waals surface area (Å²) in [6.45, 7) is 2.46. The van der Waals surface area contributed by atoms with Crippen LogP contribution in [0.5, 0.6) is 0 Å². The van der Waals surface area contributed by atoms with Gasteiger partial charge >= 0.3 is 0 Å². The van der Waals surface area contributed by atoms with E-state index >= 15 is 0 Å². The summed E-state index contributed by atoms with van der Waals surface area (Å²) in [5.74, 6) is -0.0103. The molecule has 0 unspecified atom stereocenters.